The number of piperidine rings is 1. The zero-order valence-electron chi connectivity index (χ0n) is 10.7. The van der Waals surface area contributed by atoms with Gasteiger partial charge in [-0.25, -0.2) is 0 Å². The molecule has 1 fully saturated rings. The molecule has 17 heavy (non-hydrogen) atoms. The monoisotopic (exact) mass is 244 g/mol. The number of carbonyl (C=O) groups excluding carboxylic acids is 1. The van der Waals surface area contributed by atoms with E-state index in [9.17, 15) is 4.79 Å². The summed E-state index contributed by atoms with van der Waals surface area (Å²) in [7, 11) is 0. The number of nitrogens with one attached hydrogen (secondary N) is 2. The van der Waals surface area contributed by atoms with Gasteiger partial charge in [-0.05, 0) is 38.8 Å². The van der Waals surface area contributed by atoms with Crippen molar-refractivity contribution in [2.24, 2.45) is 5.92 Å². The molecule has 1 rings (SSSR count). The molecule has 0 aliphatic carbocycles. The van der Waals surface area contributed by atoms with Crippen LogP contribution >= 0.6 is 0 Å². The molecular weight excluding hydrogens is 220 g/mol. The molecule has 2 N–H and O–H groups in total. The Morgan fingerprint density at radius 2 is 2.24 bits per heavy atom. The second-order valence-electron chi connectivity index (χ2n) is 4.27. The predicted molar refractivity (Wildman–Crippen MR) is 65.9 cm³/mol. The number of hydrogen-bond acceptors (Lipinski definition) is 4. The summed E-state index contributed by atoms with van der Waals surface area (Å²) in [4.78, 5) is 11.4. The van der Waals surface area contributed by atoms with Crippen molar-refractivity contribution in [3.05, 3.63) is 0 Å². The van der Waals surface area contributed by atoms with Gasteiger partial charge in [-0.15, -0.1) is 0 Å². The molecule has 0 aromatic heterocycles. The molecule has 0 bridgehead atoms. The lowest BCUT2D eigenvalue weighted by Gasteiger charge is -2.22. The summed E-state index contributed by atoms with van der Waals surface area (Å²) in [6.07, 6.45) is 2.39. The Bertz CT molecular complexity index is 206. The maximum absolute atomic E-state index is 11.4. The molecule has 0 spiro atoms. The van der Waals surface area contributed by atoms with Crippen LogP contribution in [0.5, 0.6) is 0 Å². The number of hydrogen-bond donors (Lipinski definition) is 2. The molecule has 1 aliphatic heterocycles. The first kappa shape index (κ1) is 14.4. The average molecular weight is 244 g/mol. The fourth-order valence-corrected chi connectivity index (χ4v) is 1.83. The van der Waals surface area contributed by atoms with Gasteiger partial charge in [0.05, 0.1) is 13.2 Å². The van der Waals surface area contributed by atoms with Gasteiger partial charge in [-0.3, -0.25) is 4.79 Å². The lowest BCUT2D eigenvalue weighted by atomic mass is 10.00. The number of amides is 1. The smallest absolute Gasteiger partial charge is 0.246 e. The molecule has 0 aromatic rings. The van der Waals surface area contributed by atoms with E-state index < -0.39 is 0 Å². The summed E-state index contributed by atoms with van der Waals surface area (Å²) in [5.41, 5.74) is 0. The molecule has 1 atom stereocenters. The maximum atomic E-state index is 11.4. The zero-order valence-corrected chi connectivity index (χ0v) is 10.7. The lowest BCUT2D eigenvalue weighted by Crippen LogP contribution is -2.39. The first-order valence-electron chi connectivity index (χ1n) is 6.45. The summed E-state index contributed by atoms with van der Waals surface area (Å²) < 4.78 is 10.3. The molecule has 1 unspecified atom stereocenters. The molecule has 0 radical (unpaired) electrons. The Balaban J connectivity index is 1.93. The molecule has 0 aromatic carbocycles. The van der Waals surface area contributed by atoms with Gasteiger partial charge < -0.3 is 20.1 Å². The first-order chi connectivity index (χ1) is 8.33. The Labute approximate surface area is 103 Å². The van der Waals surface area contributed by atoms with Gasteiger partial charge in [-0.1, -0.05) is 0 Å². The van der Waals surface area contributed by atoms with Crippen LogP contribution in [0.25, 0.3) is 0 Å². The summed E-state index contributed by atoms with van der Waals surface area (Å²) in [5.74, 6) is 0.531. The highest BCUT2D eigenvalue weighted by atomic mass is 16.5. The predicted octanol–water partition coefficient (Wildman–Crippen LogP) is 0.155. The molecule has 1 saturated heterocycles. The Hall–Kier alpha value is -0.650. The number of rotatable bonds is 8. The van der Waals surface area contributed by atoms with Crippen LogP contribution in [0.1, 0.15) is 19.8 Å². The molecule has 1 amide bonds. The highest BCUT2D eigenvalue weighted by molar-refractivity contribution is 5.77. The van der Waals surface area contributed by atoms with Crippen LogP contribution in [0.15, 0.2) is 0 Å². The third-order valence-corrected chi connectivity index (χ3v) is 2.80. The average Bonchev–Trinajstić information content (AvgIpc) is 2.37. The second kappa shape index (κ2) is 9.39. The molecule has 1 heterocycles. The van der Waals surface area contributed by atoms with Gasteiger partial charge >= 0.3 is 0 Å². The molecule has 1 aliphatic rings. The van der Waals surface area contributed by atoms with Crippen molar-refractivity contribution in [1.29, 1.82) is 0 Å². The van der Waals surface area contributed by atoms with E-state index in [0.29, 0.717) is 25.7 Å². The van der Waals surface area contributed by atoms with E-state index in [-0.39, 0.29) is 12.5 Å². The molecule has 100 valence electrons. The van der Waals surface area contributed by atoms with Crippen LogP contribution in [0, 0.1) is 5.92 Å². The number of carbonyl (C=O) groups is 1. The van der Waals surface area contributed by atoms with E-state index in [1.54, 1.807) is 0 Å². The Kier molecular flexibility index (Phi) is 7.96. The van der Waals surface area contributed by atoms with Crippen LogP contribution < -0.4 is 10.6 Å². The minimum Gasteiger partial charge on any atom is -0.379 e. The SMILES string of the molecule is CCOCCOCC(=O)NCC1CCCNC1. The van der Waals surface area contributed by atoms with Gasteiger partial charge in [0, 0.05) is 13.2 Å². The van der Waals surface area contributed by atoms with Gasteiger partial charge in [0.15, 0.2) is 0 Å². The fraction of sp³-hybridized carbons (Fsp3) is 0.917. The van der Waals surface area contributed by atoms with Crippen molar-refractivity contribution in [2.45, 2.75) is 19.8 Å². The van der Waals surface area contributed by atoms with Crippen LogP contribution in [-0.2, 0) is 14.3 Å². The van der Waals surface area contributed by atoms with Crippen LogP contribution in [0.3, 0.4) is 0 Å². The molecule has 5 heteroatoms. The molecule has 5 nitrogen and oxygen atoms in total. The highest BCUT2D eigenvalue weighted by Crippen LogP contribution is 2.07. The quantitative estimate of drug-likeness (QED) is 0.597. The van der Waals surface area contributed by atoms with Gasteiger partial charge in [0.1, 0.15) is 6.61 Å². The van der Waals surface area contributed by atoms with Gasteiger partial charge in [0.25, 0.3) is 0 Å². The third-order valence-electron chi connectivity index (χ3n) is 2.80. The highest BCUT2D eigenvalue weighted by Gasteiger charge is 2.13. The van der Waals surface area contributed by atoms with Crippen molar-refractivity contribution in [1.82, 2.24) is 10.6 Å². The van der Waals surface area contributed by atoms with E-state index in [0.717, 1.165) is 19.6 Å². The van der Waals surface area contributed by atoms with E-state index in [1.165, 1.54) is 12.8 Å². The van der Waals surface area contributed by atoms with Crippen molar-refractivity contribution >= 4 is 5.91 Å². The van der Waals surface area contributed by atoms with E-state index in [2.05, 4.69) is 10.6 Å². The van der Waals surface area contributed by atoms with Crippen molar-refractivity contribution in [3.63, 3.8) is 0 Å². The standard InChI is InChI=1S/C12H24N2O3/c1-2-16-6-7-17-10-12(15)14-9-11-4-3-5-13-8-11/h11,13H,2-10H2,1H3,(H,14,15). The number of ether oxygens (including phenoxy) is 2. The van der Waals surface area contributed by atoms with E-state index in [4.69, 9.17) is 9.47 Å². The minimum absolute atomic E-state index is 0.0351. The summed E-state index contributed by atoms with van der Waals surface area (Å²) in [6, 6.07) is 0. The van der Waals surface area contributed by atoms with Crippen LogP contribution in [0.2, 0.25) is 0 Å². The minimum atomic E-state index is -0.0351. The summed E-state index contributed by atoms with van der Waals surface area (Å²) >= 11 is 0. The van der Waals surface area contributed by atoms with Crippen molar-refractivity contribution in [3.8, 4) is 0 Å². The second-order valence-corrected chi connectivity index (χ2v) is 4.27. The largest absolute Gasteiger partial charge is 0.379 e. The Morgan fingerprint density at radius 3 is 2.94 bits per heavy atom. The summed E-state index contributed by atoms with van der Waals surface area (Å²) in [6.45, 7) is 6.64. The van der Waals surface area contributed by atoms with E-state index in [1.807, 2.05) is 6.92 Å². The first-order valence-corrected chi connectivity index (χ1v) is 6.45. The van der Waals surface area contributed by atoms with Crippen LogP contribution in [0.4, 0.5) is 0 Å². The van der Waals surface area contributed by atoms with E-state index >= 15 is 0 Å². The zero-order chi connectivity index (χ0) is 12.3. The maximum Gasteiger partial charge on any atom is 0.246 e. The van der Waals surface area contributed by atoms with Gasteiger partial charge in [0.2, 0.25) is 5.91 Å². The summed E-state index contributed by atoms with van der Waals surface area (Å²) in [5, 5.41) is 6.22. The fourth-order valence-electron chi connectivity index (χ4n) is 1.83. The molecule has 0 saturated carbocycles. The van der Waals surface area contributed by atoms with Crippen LogP contribution in [-0.4, -0.2) is 52.0 Å². The Morgan fingerprint density at radius 1 is 1.41 bits per heavy atom. The molecular formula is C12H24N2O3. The van der Waals surface area contributed by atoms with Gasteiger partial charge in [-0.2, -0.15) is 0 Å². The van der Waals surface area contributed by atoms with Crippen molar-refractivity contribution < 1.29 is 14.3 Å². The third kappa shape index (κ3) is 7.31. The lowest BCUT2D eigenvalue weighted by molar-refractivity contribution is -0.126. The normalized spacial score (nSPS) is 20.2. The van der Waals surface area contributed by atoms with Crippen molar-refractivity contribution in [2.75, 3.05) is 46.1 Å². The topological polar surface area (TPSA) is 59.6 Å².